The van der Waals surface area contributed by atoms with E-state index in [4.69, 9.17) is 0 Å². The molecular formula is C11H12F4O2. The third kappa shape index (κ3) is 2.58. The summed E-state index contributed by atoms with van der Waals surface area (Å²) in [4.78, 5) is 0. The van der Waals surface area contributed by atoms with E-state index in [0.717, 1.165) is 7.11 Å². The van der Waals surface area contributed by atoms with E-state index in [2.05, 4.69) is 9.47 Å². The standard InChI is InChI=1S/C11H12F4O2/c1-16-9(8-6-4-3-5-7-8)10(12,17-2)11(13,14)15/h3-7,9H,1-2H3. The van der Waals surface area contributed by atoms with Crippen LogP contribution in [0.4, 0.5) is 17.6 Å². The Bertz CT molecular complexity index is 352. The van der Waals surface area contributed by atoms with Crippen LogP contribution in [-0.2, 0) is 9.47 Å². The summed E-state index contributed by atoms with van der Waals surface area (Å²) >= 11 is 0. The van der Waals surface area contributed by atoms with Gasteiger partial charge in [-0.05, 0) is 5.56 Å². The van der Waals surface area contributed by atoms with Gasteiger partial charge in [0, 0.05) is 14.2 Å². The van der Waals surface area contributed by atoms with Crippen LogP contribution in [0.2, 0.25) is 0 Å². The summed E-state index contributed by atoms with van der Waals surface area (Å²) in [7, 11) is 1.65. The van der Waals surface area contributed by atoms with Crippen LogP contribution >= 0.6 is 0 Å². The molecule has 1 rings (SSSR count). The number of rotatable bonds is 4. The fourth-order valence-corrected chi connectivity index (χ4v) is 1.50. The predicted molar refractivity (Wildman–Crippen MR) is 53.1 cm³/mol. The third-order valence-electron chi connectivity index (χ3n) is 2.36. The van der Waals surface area contributed by atoms with Crippen LogP contribution in [0.3, 0.4) is 0 Å². The van der Waals surface area contributed by atoms with E-state index in [1.54, 1.807) is 6.07 Å². The lowest BCUT2D eigenvalue weighted by Gasteiger charge is -2.33. The first-order valence-electron chi connectivity index (χ1n) is 4.75. The first-order valence-corrected chi connectivity index (χ1v) is 4.75. The molecule has 0 aliphatic carbocycles. The molecule has 96 valence electrons. The number of alkyl halides is 4. The molecule has 0 amide bonds. The maximum atomic E-state index is 13.9. The zero-order valence-corrected chi connectivity index (χ0v) is 9.29. The number of hydrogen-bond donors (Lipinski definition) is 0. The Morgan fingerprint density at radius 2 is 1.53 bits per heavy atom. The lowest BCUT2D eigenvalue weighted by Crippen LogP contribution is -2.48. The van der Waals surface area contributed by atoms with Gasteiger partial charge in [0.1, 0.15) is 0 Å². The van der Waals surface area contributed by atoms with Crippen LogP contribution in [0.25, 0.3) is 0 Å². The highest BCUT2D eigenvalue weighted by molar-refractivity contribution is 5.20. The van der Waals surface area contributed by atoms with Gasteiger partial charge in [-0.15, -0.1) is 0 Å². The van der Waals surface area contributed by atoms with E-state index in [0.29, 0.717) is 7.11 Å². The first-order chi connectivity index (χ1) is 7.86. The van der Waals surface area contributed by atoms with Gasteiger partial charge in [0.2, 0.25) is 0 Å². The number of methoxy groups -OCH3 is 2. The van der Waals surface area contributed by atoms with Gasteiger partial charge in [-0.1, -0.05) is 30.3 Å². The third-order valence-corrected chi connectivity index (χ3v) is 2.36. The number of benzene rings is 1. The number of halogens is 4. The highest BCUT2D eigenvalue weighted by Gasteiger charge is 2.63. The molecule has 0 bridgehead atoms. The normalized spacial score (nSPS) is 17.5. The van der Waals surface area contributed by atoms with Crippen molar-refractivity contribution in [3.8, 4) is 0 Å². The molecule has 0 aliphatic heterocycles. The highest BCUT2D eigenvalue weighted by atomic mass is 19.4. The van der Waals surface area contributed by atoms with Crippen LogP contribution in [0, 0.1) is 0 Å². The predicted octanol–water partition coefficient (Wildman–Crippen LogP) is 3.25. The van der Waals surface area contributed by atoms with Gasteiger partial charge in [-0.2, -0.15) is 17.6 Å². The molecule has 1 aromatic rings. The molecule has 0 aliphatic rings. The Balaban J connectivity index is 3.17. The first kappa shape index (κ1) is 13.9. The van der Waals surface area contributed by atoms with E-state index >= 15 is 0 Å². The molecule has 6 heteroatoms. The van der Waals surface area contributed by atoms with Crippen LogP contribution in [0.1, 0.15) is 11.7 Å². The minimum absolute atomic E-state index is 0.0525. The SMILES string of the molecule is COC(c1ccccc1)C(F)(OC)C(F)(F)F. The molecule has 0 fully saturated rings. The van der Waals surface area contributed by atoms with E-state index < -0.39 is 18.1 Å². The molecule has 0 saturated carbocycles. The van der Waals surface area contributed by atoms with Crippen molar-refractivity contribution in [3.05, 3.63) is 35.9 Å². The van der Waals surface area contributed by atoms with Gasteiger partial charge in [-0.25, -0.2) is 0 Å². The topological polar surface area (TPSA) is 18.5 Å². The van der Waals surface area contributed by atoms with Gasteiger partial charge >= 0.3 is 12.0 Å². The van der Waals surface area contributed by atoms with Gasteiger partial charge in [0.05, 0.1) is 0 Å². The van der Waals surface area contributed by atoms with Crippen molar-refractivity contribution in [2.24, 2.45) is 0 Å². The fraction of sp³-hybridized carbons (Fsp3) is 0.455. The van der Waals surface area contributed by atoms with Crippen molar-refractivity contribution in [3.63, 3.8) is 0 Å². The van der Waals surface area contributed by atoms with Gasteiger partial charge in [0.15, 0.2) is 6.10 Å². The molecule has 0 saturated heterocycles. The van der Waals surface area contributed by atoms with Crippen LogP contribution in [-0.4, -0.2) is 26.3 Å². The minimum Gasteiger partial charge on any atom is -0.370 e. The molecule has 17 heavy (non-hydrogen) atoms. The average Bonchev–Trinajstić information content (AvgIpc) is 2.29. The van der Waals surface area contributed by atoms with Crippen molar-refractivity contribution in [2.45, 2.75) is 18.1 Å². The maximum absolute atomic E-state index is 13.9. The second-order valence-electron chi connectivity index (χ2n) is 3.37. The van der Waals surface area contributed by atoms with Gasteiger partial charge in [0.25, 0.3) is 0 Å². The van der Waals surface area contributed by atoms with Crippen molar-refractivity contribution < 1.29 is 27.0 Å². The minimum atomic E-state index is -5.18. The fourth-order valence-electron chi connectivity index (χ4n) is 1.50. The van der Waals surface area contributed by atoms with Crippen molar-refractivity contribution in [1.82, 2.24) is 0 Å². The molecule has 0 N–H and O–H groups in total. The molecule has 0 radical (unpaired) electrons. The smallest absolute Gasteiger partial charge is 0.370 e. The van der Waals surface area contributed by atoms with Crippen LogP contribution < -0.4 is 0 Å². The largest absolute Gasteiger partial charge is 0.451 e. The molecule has 2 unspecified atom stereocenters. The van der Waals surface area contributed by atoms with Crippen molar-refractivity contribution >= 4 is 0 Å². The Hall–Kier alpha value is -1.14. The summed E-state index contributed by atoms with van der Waals surface area (Å²) in [5, 5.41) is 0. The quantitative estimate of drug-likeness (QED) is 0.766. The van der Waals surface area contributed by atoms with Gasteiger partial charge < -0.3 is 9.47 Å². The lowest BCUT2D eigenvalue weighted by atomic mass is 10.0. The molecule has 0 aromatic heterocycles. The molecular weight excluding hydrogens is 240 g/mol. The van der Waals surface area contributed by atoms with E-state index in [-0.39, 0.29) is 5.56 Å². The van der Waals surface area contributed by atoms with Gasteiger partial charge in [-0.3, -0.25) is 0 Å². The second kappa shape index (κ2) is 5.01. The van der Waals surface area contributed by atoms with Crippen LogP contribution in [0.15, 0.2) is 30.3 Å². The van der Waals surface area contributed by atoms with Crippen molar-refractivity contribution in [2.75, 3.05) is 14.2 Å². The number of ether oxygens (including phenoxy) is 2. The molecule has 1 aromatic carbocycles. The van der Waals surface area contributed by atoms with Crippen molar-refractivity contribution in [1.29, 1.82) is 0 Å². The zero-order chi connectivity index (χ0) is 13.1. The summed E-state index contributed by atoms with van der Waals surface area (Å²) in [5.41, 5.74) is 0.0525. The maximum Gasteiger partial charge on any atom is 0.451 e. The molecule has 0 spiro atoms. The molecule has 0 heterocycles. The molecule has 2 atom stereocenters. The highest BCUT2D eigenvalue weighted by Crippen LogP contribution is 2.45. The van der Waals surface area contributed by atoms with E-state index in [1.165, 1.54) is 24.3 Å². The summed E-state index contributed by atoms with van der Waals surface area (Å²) in [5.74, 6) is -3.87. The number of hydrogen-bond acceptors (Lipinski definition) is 2. The lowest BCUT2D eigenvalue weighted by molar-refractivity contribution is -0.359. The Morgan fingerprint density at radius 3 is 1.88 bits per heavy atom. The Labute approximate surface area is 96.1 Å². The summed E-state index contributed by atoms with van der Waals surface area (Å²) in [6, 6.07) is 7.28. The summed E-state index contributed by atoms with van der Waals surface area (Å²) in [6.45, 7) is 0. The molecule has 2 nitrogen and oxygen atoms in total. The van der Waals surface area contributed by atoms with E-state index in [1.807, 2.05) is 0 Å². The monoisotopic (exact) mass is 252 g/mol. The second-order valence-corrected chi connectivity index (χ2v) is 3.37. The Morgan fingerprint density at radius 1 is 1.00 bits per heavy atom. The average molecular weight is 252 g/mol. The van der Waals surface area contributed by atoms with Crippen LogP contribution in [0.5, 0.6) is 0 Å². The Kier molecular flexibility index (Phi) is 4.11. The summed E-state index contributed by atoms with van der Waals surface area (Å²) in [6.07, 6.45) is -7.05. The van der Waals surface area contributed by atoms with E-state index in [9.17, 15) is 17.6 Å². The summed E-state index contributed by atoms with van der Waals surface area (Å²) < 4.78 is 60.4. The zero-order valence-electron chi connectivity index (χ0n) is 9.29.